The summed E-state index contributed by atoms with van der Waals surface area (Å²) < 4.78 is 5.61. The van der Waals surface area contributed by atoms with Crippen LogP contribution in [-0.2, 0) is 4.74 Å². The fraction of sp³-hybridized carbons (Fsp3) is 1.00. The monoisotopic (exact) mass is 188 g/mol. The third-order valence-electron chi connectivity index (χ3n) is 2.87. The van der Waals surface area contributed by atoms with Gasteiger partial charge in [0.1, 0.15) is 0 Å². The van der Waals surface area contributed by atoms with Gasteiger partial charge in [0.25, 0.3) is 0 Å². The van der Waals surface area contributed by atoms with Crippen molar-refractivity contribution in [2.75, 3.05) is 13.2 Å². The molecule has 0 spiro atoms. The largest absolute Gasteiger partial charge is 0.393 e. The van der Waals surface area contributed by atoms with E-state index < -0.39 is 8.07 Å². The summed E-state index contributed by atoms with van der Waals surface area (Å²) in [5, 5.41) is 9.10. The SMILES string of the molecule is CC1(CO)CC([Si](C)(C)C)CO1. The van der Waals surface area contributed by atoms with Crippen molar-refractivity contribution in [1.82, 2.24) is 0 Å². The van der Waals surface area contributed by atoms with Crippen LogP contribution in [0, 0.1) is 0 Å². The molecule has 0 aliphatic carbocycles. The Morgan fingerprint density at radius 1 is 1.50 bits per heavy atom. The predicted molar refractivity (Wildman–Crippen MR) is 53.2 cm³/mol. The normalized spacial score (nSPS) is 37.2. The lowest BCUT2D eigenvalue weighted by atomic mass is 10.0. The Balaban J connectivity index is 2.57. The highest BCUT2D eigenvalue weighted by Crippen LogP contribution is 2.39. The van der Waals surface area contributed by atoms with E-state index in [9.17, 15) is 0 Å². The highest BCUT2D eigenvalue weighted by molar-refractivity contribution is 6.77. The third-order valence-corrected chi connectivity index (χ3v) is 5.69. The molecule has 12 heavy (non-hydrogen) atoms. The maximum Gasteiger partial charge on any atom is 0.0884 e. The summed E-state index contributed by atoms with van der Waals surface area (Å²) in [7, 11) is -1.07. The maximum absolute atomic E-state index is 9.10. The number of rotatable bonds is 2. The summed E-state index contributed by atoms with van der Waals surface area (Å²) >= 11 is 0. The minimum atomic E-state index is -1.07. The van der Waals surface area contributed by atoms with Crippen LogP contribution in [0.5, 0.6) is 0 Å². The van der Waals surface area contributed by atoms with Gasteiger partial charge in [0, 0.05) is 6.61 Å². The first-order valence-electron chi connectivity index (χ1n) is 4.62. The molecule has 2 unspecified atom stereocenters. The van der Waals surface area contributed by atoms with E-state index in [-0.39, 0.29) is 12.2 Å². The summed E-state index contributed by atoms with van der Waals surface area (Å²) in [5.41, 5.74) is 0.472. The molecule has 0 radical (unpaired) electrons. The molecule has 0 aromatic heterocycles. The molecule has 1 N–H and O–H groups in total. The Kier molecular flexibility index (Phi) is 2.66. The van der Waals surface area contributed by atoms with Gasteiger partial charge in [-0.15, -0.1) is 0 Å². The lowest BCUT2D eigenvalue weighted by Gasteiger charge is -2.25. The van der Waals surface area contributed by atoms with Gasteiger partial charge in [-0.2, -0.15) is 0 Å². The average molecular weight is 188 g/mol. The number of hydrogen-bond donors (Lipinski definition) is 1. The van der Waals surface area contributed by atoms with Crippen molar-refractivity contribution < 1.29 is 9.84 Å². The molecular weight excluding hydrogens is 168 g/mol. The molecule has 2 nitrogen and oxygen atoms in total. The Hall–Kier alpha value is 0.137. The van der Waals surface area contributed by atoms with Crippen molar-refractivity contribution in [3.63, 3.8) is 0 Å². The molecule has 0 aromatic carbocycles. The van der Waals surface area contributed by atoms with Gasteiger partial charge in [0.05, 0.1) is 20.3 Å². The summed E-state index contributed by atoms with van der Waals surface area (Å²) in [6.45, 7) is 10.1. The van der Waals surface area contributed by atoms with E-state index >= 15 is 0 Å². The van der Waals surface area contributed by atoms with Gasteiger partial charge in [-0.05, 0) is 18.9 Å². The number of aliphatic hydroxyl groups excluding tert-OH is 1. The third kappa shape index (κ3) is 2.09. The van der Waals surface area contributed by atoms with E-state index in [2.05, 4.69) is 19.6 Å². The van der Waals surface area contributed by atoms with Crippen molar-refractivity contribution in [3.05, 3.63) is 0 Å². The fourth-order valence-corrected chi connectivity index (χ4v) is 3.23. The molecule has 0 bridgehead atoms. The molecule has 1 aliphatic heterocycles. The molecule has 1 saturated heterocycles. The molecular formula is C9H20O2Si. The first-order valence-corrected chi connectivity index (χ1v) is 8.20. The van der Waals surface area contributed by atoms with Gasteiger partial charge in [-0.3, -0.25) is 0 Å². The molecule has 0 amide bonds. The van der Waals surface area contributed by atoms with E-state index in [1.54, 1.807) is 0 Å². The van der Waals surface area contributed by atoms with Crippen molar-refractivity contribution in [2.45, 2.75) is 44.1 Å². The zero-order valence-electron chi connectivity index (χ0n) is 8.55. The minimum absolute atomic E-state index is 0.161. The molecule has 0 aromatic rings. The Morgan fingerprint density at radius 3 is 2.33 bits per heavy atom. The molecule has 1 heterocycles. The van der Waals surface area contributed by atoms with Crippen LogP contribution in [0.2, 0.25) is 25.2 Å². The zero-order chi connectivity index (χ0) is 9.41. The highest BCUT2D eigenvalue weighted by atomic mass is 28.3. The molecule has 1 aliphatic rings. The summed E-state index contributed by atoms with van der Waals surface area (Å²) in [6, 6.07) is 0. The number of aliphatic hydroxyl groups is 1. The summed E-state index contributed by atoms with van der Waals surface area (Å²) in [4.78, 5) is 0. The van der Waals surface area contributed by atoms with Crippen LogP contribution >= 0.6 is 0 Å². The van der Waals surface area contributed by atoms with Crippen LogP contribution in [0.1, 0.15) is 13.3 Å². The van der Waals surface area contributed by atoms with Gasteiger partial charge >= 0.3 is 0 Å². The van der Waals surface area contributed by atoms with E-state index in [1.807, 2.05) is 6.92 Å². The summed E-state index contributed by atoms with van der Waals surface area (Å²) in [6.07, 6.45) is 1.04. The highest BCUT2D eigenvalue weighted by Gasteiger charge is 2.41. The van der Waals surface area contributed by atoms with Gasteiger partial charge in [0.2, 0.25) is 0 Å². The number of hydrogen-bond acceptors (Lipinski definition) is 2. The second-order valence-electron chi connectivity index (χ2n) is 5.19. The van der Waals surface area contributed by atoms with Gasteiger partial charge in [-0.25, -0.2) is 0 Å². The van der Waals surface area contributed by atoms with Crippen LogP contribution in [0.25, 0.3) is 0 Å². The second-order valence-corrected chi connectivity index (χ2v) is 10.7. The average Bonchev–Trinajstić information content (AvgIpc) is 2.32. The topological polar surface area (TPSA) is 29.5 Å². The maximum atomic E-state index is 9.10. The fourth-order valence-electron chi connectivity index (χ4n) is 1.61. The molecule has 1 fully saturated rings. The van der Waals surface area contributed by atoms with Crippen molar-refractivity contribution in [1.29, 1.82) is 0 Å². The van der Waals surface area contributed by atoms with Crippen molar-refractivity contribution in [3.8, 4) is 0 Å². The van der Waals surface area contributed by atoms with E-state index in [0.29, 0.717) is 0 Å². The Morgan fingerprint density at radius 2 is 2.08 bits per heavy atom. The number of ether oxygens (including phenoxy) is 1. The molecule has 72 valence electrons. The first kappa shape index (κ1) is 10.2. The smallest absolute Gasteiger partial charge is 0.0884 e. The van der Waals surface area contributed by atoms with Crippen molar-refractivity contribution in [2.24, 2.45) is 0 Å². The molecule has 3 heteroatoms. The van der Waals surface area contributed by atoms with Gasteiger partial charge < -0.3 is 9.84 Å². The van der Waals surface area contributed by atoms with E-state index in [0.717, 1.165) is 18.6 Å². The second kappa shape index (κ2) is 3.12. The van der Waals surface area contributed by atoms with E-state index in [4.69, 9.17) is 9.84 Å². The summed E-state index contributed by atoms with van der Waals surface area (Å²) in [5.74, 6) is 0. The molecule has 2 atom stereocenters. The van der Waals surface area contributed by atoms with Crippen LogP contribution in [0.3, 0.4) is 0 Å². The standard InChI is InChI=1S/C9H20O2Si/c1-9(7-10)5-8(6-11-9)12(2,3)4/h8,10H,5-7H2,1-4H3. The lowest BCUT2D eigenvalue weighted by molar-refractivity contribution is -0.0237. The minimum Gasteiger partial charge on any atom is -0.393 e. The van der Waals surface area contributed by atoms with Gasteiger partial charge in [-0.1, -0.05) is 19.6 Å². The van der Waals surface area contributed by atoms with Crippen LogP contribution < -0.4 is 0 Å². The van der Waals surface area contributed by atoms with Crippen LogP contribution in [0.15, 0.2) is 0 Å². The quantitative estimate of drug-likeness (QED) is 0.670. The van der Waals surface area contributed by atoms with Gasteiger partial charge in [0.15, 0.2) is 0 Å². The molecule has 1 rings (SSSR count). The van der Waals surface area contributed by atoms with Crippen LogP contribution in [0.4, 0.5) is 0 Å². The van der Waals surface area contributed by atoms with Crippen molar-refractivity contribution >= 4 is 8.07 Å². The predicted octanol–water partition coefficient (Wildman–Crippen LogP) is 1.87. The van der Waals surface area contributed by atoms with E-state index in [1.165, 1.54) is 0 Å². The molecule has 0 saturated carbocycles. The Bertz CT molecular complexity index is 164. The zero-order valence-corrected chi connectivity index (χ0v) is 9.55. The lowest BCUT2D eigenvalue weighted by Crippen LogP contribution is -2.31. The Labute approximate surface area is 75.9 Å². The van der Waals surface area contributed by atoms with Crippen LogP contribution in [-0.4, -0.2) is 32.0 Å². The first-order chi connectivity index (χ1) is 5.37.